The monoisotopic (exact) mass is 313 g/mol. The number of aromatic hydroxyl groups is 1. The van der Waals surface area contributed by atoms with E-state index in [0.29, 0.717) is 13.1 Å². The molecule has 0 saturated heterocycles. The SMILES string of the molecule is Cc1cc(C)cc(CC2CN(CCO)c3cc(O)ccc3O2)c1. The third-order valence-corrected chi connectivity index (χ3v) is 4.12. The van der Waals surface area contributed by atoms with Gasteiger partial charge >= 0.3 is 0 Å². The van der Waals surface area contributed by atoms with Crippen LogP contribution in [0.1, 0.15) is 16.7 Å². The van der Waals surface area contributed by atoms with E-state index in [4.69, 9.17) is 4.74 Å². The van der Waals surface area contributed by atoms with Crippen molar-refractivity contribution in [3.63, 3.8) is 0 Å². The van der Waals surface area contributed by atoms with E-state index in [0.717, 1.165) is 17.9 Å². The van der Waals surface area contributed by atoms with Gasteiger partial charge in [-0.25, -0.2) is 0 Å². The molecule has 4 heteroatoms. The molecule has 3 rings (SSSR count). The van der Waals surface area contributed by atoms with Crippen molar-refractivity contribution in [2.45, 2.75) is 26.4 Å². The number of nitrogens with zero attached hydrogens (tertiary/aromatic N) is 1. The predicted molar refractivity (Wildman–Crippen MR) is 91.4 cm³/mol. The van der Waals surface area contributed by atoms with Crippen LogP contribution >= 0.6 is 0 Å². The molecule has 0 saturated carbocycles. The summed E-state index contributed by atoms with van der Waals surface area (Å²) >= 11 is 0. The van der Waals surface area contributed by atoms with Crippen LogP contribution in [0.2, 0.25) is 0 Å². The molecule has 0 aromatic heterocycles. The highest BCUT2D eigenvalue weighted by Crippen LogP contribution is 2.36. The molecule has 1 aliphatic rings. The molecule has 1 heterocycles. The molecule has 23 heavy (non-hydrogen) atoms. The second kappa shape index (κ2) is 6.50. The van der Waals surface area contributed by atoms with Gasteiger partial charge in [0.05, 0.1) is 18.8 Å². The fraction of sp³-hybridized carbons (Fsp3) is 0.368. The van der Waals surface area contributed by atoms with Crippen LogP contribution in [0.5, 0.6) is 11.5 Å². The van der Waals surface area contributed by atoms with E-state index < -0.39 is 0 Å². The van der Waals surface area contributed by atoms with Gasteiger partial charge in [0.15, 0.2) is 0 Å². The largest absolute Gasteiger partial charge is 0.508 e. The summed E-state index contributed by atoms with van der Waals surface area (Å²) in [7, 11) is 0. The van der Waals surface area contributed by atoms with E-state index in [2.05, 4.69) is 36.9 Å². The molecule has 2 aromatic carbocycles. The molecule has 0 radical (unpaired) electrons. The minimum Gasteiger partial charge on any atom is -0.508 e. The zero-order valence-electron chi connectivity index (χ0n) is 13.6. The lowest BCUT2D eigenvalue weighted by atomic mass is 10.0. The number of hydrogen-bond donors (Lipinski definition) is 2. The van der Waals surface area contributed by atoms with E-state index in [1.165, 1.54) is 16.7 Å². The lowest BCUT2D eigenvalue weighted by molar-refractivity contribution is 0.189. The normalized spacial score (nSPS) is 16.8. The van der Waals surface area contributed by atoms with Crippen LogP contribution in [0.4, 0.5) is 5.69 Å². The van der Waals surface area contributed by atoms with Crippen molar-refractivity contribution >= 4 is 5.69 Å². The smallest absolute Gasteiger partial charge is 0.143 e. The number of ether oxygens (including phenoxy) is 1. The molecule has 0 bridgehead atoms. The van der Waals surface area contributed by atoms with E-state index in [1.54, 1.807) is 18.2 Å². The standard InChI is InChI=1S/C19H23NO3/c1-13-7-14(2)9-15(8-13)10-17-12-20(5-6-21)18-11-16(22)3-4-19(18)23-17/h3-4,7-9,11,17,21-22H,5-6,10,12H2,1-2H3. The fourth-order valence-electron chi connectivity index (χ4n) is 3.30. The number of phenols is 1. The van der Waals surface area contributed by atoms with Crippen molar-refractivity contribution in [2.24, 2.45) is 0 Å². The highest BCUT2D eigenvalue weighted by molar-refractivity contribution is 5.63. The molecule has 2 aromatic rings. The first-order chi connectivity index (χ1) is 11.0. The fourth-order valence-corrected chi connectivity index (χ4v) is 3.30. The van der Waals surface area contributed by atoms with E-state index in [1.807, 2.05) is 0 Å². The minimum absolute atomic E-state index is 0.0276. The van der Waals surface area contributed by atoms with Crippen molar-refractivity contribution in [3.05, 3.63) is 53.1 Å². The first kappa shape index (κ1) is 15.7. The van der Waals surface area contributed by atoms with Crippen LogP contribution in [0.25, 0.3) is 0 Å². The number of rotatable bonds is 4. The van der Waals surface area contributed by atoms with Crippen LogP contribution in [0, 0.1) is 13.8 Å². The van der Waals surface area contributed by atoms with Crippen molar-refractivity contribution < 1.29 is 14.9 Å². The summed E-state index contributed by atoms with van der Waals surface area (Å²) < 4.78 is 6.11. The topological polar surface area (TPSA) is 52.9 Å². The summed E-state index contributed by atoms with van der Waals surface area (Å²) in [6, 6.07) is 11.7. The van der Waals surface area contributed by atoms with Crippen molar-refractivity contribution in [3.8, 4) is 11.5 Å². The van der Waals surface area contributed by atoms with Gasteiger partial charge in [-0.3, -0.25) is 0 Å². The molecule has 0 amide bonds. The van der Waals surface area contributed by atoms with Gasteiger partial charge in [0.1, 0.15) is 17.6 Å². The Labute approximate surface area is 136 Å². The Bertz CT molecular complexity index is 679. The number of β-amino-alcohol motifs (C(OH)–C–C–N with tert-alkyl or cyclic N) is 1. The lowest BCUT2D eigenvalue weighted by Crippen LogP contribution is -2.42. The van der Waals surface area contributed by atoms with Gasteiger partial charge < -0.3 is 19.8 Å². The summed E-state index contributed by atoms with van der Waals surface area (Å²) in [5.74, 6) is 0.972. The summed E-state index contributed by atoms with van der Waals surface area (Å²) in [6.45, 7) is 5.52. The molecule has 122 valence electrons. The van der Waals surface area contributed by atoms with Gasteiger partial charge in [-0.15, -0.1) is 0 Å². The number of phenolic OH excluding ortho intramolecular Hbond substituents is 1. The van der Waals surface area contributed by atoms with Crippen molar-refractivity contribution in [2.75, 3.05) is 24.6 Å². The van der Waals surface area contributed by atoms with Crippen LogP contribution in [0.3, 0.4) is 0 Å². The zero-order valence-corrected chi connectivity index (χ0v) is 13.6. The van der Waals surface area contributed by atoms with Gasteiger partial charge in [0.2, 0.25) is 0 Å². The number of fused-ring (bicyclic) bond motifs is 1. The lowest BCUT2D eigenvalue weighted by Gasteiger charge is -2.36. The van der Waals surface area contributed by atoms with Crippen LogP contribution in [-0.2, 0) is 6.42 Å². The molecule has 1 atom stereocenters. The first-order valence-corrected chi connectivity index (χ1v) is 7.98. The number of aryl methyl sites for hydroxylation is 2. The number of hydrogen-bond acceptors (Lipinski definition) is 4. The zero-order chi connectivity index (χ0) is 16.4. The number of benzene rings is 2. The summed E-state index contributed by atoms with van der Waals surface area (Å²) in [6.07, 6.45) is 0.852. The first-order valence-electron chi connectivity index (χ1n) is 7.98. The van der Waals surface area contributed by atoms with Crippen LogP contribution in [-0.4, -0.2) is 36.0 Å². The average molecular weight is 313 g/mol. The maximum atomic E-state index is 9.69. The molecular weight excluding hydrogens is 290 g/mol. The second-order valence-corrected chi connectivity index (χ2v) is 6.26. The van der Waals surface area contributed by atoms with E-state index in [9.17, 15) is 10.2 Å². The Morgan fingerprint density at radius 1 is 1.13 bits per heavy atom. The second-order valence-electron chi connectivity index (χ2n) is 6.26. The van der Waals surface area contributed by atoms with Gasteiger partial charge in [-0.2, -0.15) is 0 Å². The number of anilines is 1. The molecule has 0 fully saturated rings. The molecule has 1 unspecified atom stereocenters. The quantitative estimate of drug-likeness (QED) is 0.911. The summed E-state index contributed by atoms with van der Waals surface area (Å²) in [4.78, 5) is 2.08. The van der Waals surface area contributed by atoms with Crippen molar-refractivity contribution in [1.82, 2.24) is 0 Å². The molecule has 4 nitrogen and oxygen atoms in total. The third-order valence-electron chi connectivity index (χ3n) is 4.12. The average Bonchev–Trinajstić information content (AvgIpc) is 2.47. The maximum absolute atomic E-state index is 9.69. The minimum atomic E-state index is 0.0276. The van der Waals surface area contributed by atoms with Crippen molar-refractivity contribution in [1.29, 1.82) is 0 Å². The molecule has 1 aliphatic heterocycles. The third kappa shape index (κ3) is 3.59. The number of aliphatic hydroxyl groups is 1. The van der Waals surface area contributed by atoms with Crippen LogP contribution < -0.4 is 9.64 Å². The van der Waals surface area contributed by atoms with Gasteiger partial charge in [-0.05, 0) is 31.5 Å². The van der Waals surface area contributed by atoms with Gasteiger partial charge in [-0.1, -0.05) is 29.3 Å². The Morgan fingerprint density at radius 3 is 2.57 bits per heavy atom. The van der Waals surface area contributed by atoms with Gasteiger partial charge in [0.25, 0.3) is 0 Å². The summed E-state index contributed by atoms with van der Waals surface area (Å²) in [5.41, 5.74) is 4.62. The van der Waals surface area contributed by atoms with E-state index >= 15 is 0 Å². The predicted octanol–water partition coefficient (Wildman–Crippen LogP) is 2.81. The maximum Gasteiger partial charge on any atom is 0.143 e. The Balaban J connectivity index is 1.83. The van der Waals surface area contributed by atoms with Crippen LogP contribution in [0.15, 0.2) is 36.4 Å². The molecular formula is C19H23NO3. The molecule has 0 spiro atoms. The number of aliphatic hydroxyl groups excluding tert-OH is 1. The van der Waals surface area contributed by atoms with Gasteiger partial charge in [0, 0.05) is 19.0 Å². The Hall–Kier alpha value is -2.20. The highest BCUT2D eigenvalue weighted by atomic mass is 16.5. The molecule has 2 N–H and O–H groups in total. The van der Waals surface area contributed by atoms with E-state index in [-0.39, 0.29) is 18.5 Å². The Morgan fingerprint density at radius 2 is 1.87 bits per heavy atom. The highest BCUT2D eigenvalue weighted by Gasteiger charge is 2.26. The Kier molecular flexibility index (Phi) is 4.44. The molecule has 0 aliphatic carbocycles. The summed E-state index contributed by atoms with van der Waals surface area (Å²) in [5, 5.41) is 19.0.